The molecule has 1 atom stereocenters. The standard InChI is InChI=1S/C16H20N4OS/c1-4-19(5-2)13(12-9-7-6-8-10-12)14-15(21)20-16(22-14)17-11(3)18-20/h6-10,13,21H,4-5H2,1-3H3. The number of hydrogen-bond donors (Lipinski definition) is 1. The average Bonchev–Trinajstić information content (AvgIpc) is 3.03. The maximum atomic E-state index is 10.6. The van der Waals surface area contributed by atoms with Crippen molar-refractivity contribution in [1.82, 2.24) is 19.5 Å². The van der Waals surface area contributed by atoms with Gasteiger partial charge in [-0.25, -0.2) is 4.98 Å². The zero-order valence-corrected chi connectivity index (χ0v) is 13.8. The van der Waals surface area contributed by atoms with E-state index in [4.69, 9.17) is 0 Å². The topological polar surface area (TPSA) is 53.7 Å². The Bertz CT molecular complexity index is 761. The van der Waals surface area contributed by atoms with Crippen molar-refractivity contribution in [3.8, 4) is 5.88 Å². The van der Waals surface area contributed by atoms with Crippen LogP contribution in [0.4, 0.5) is 0 Å². The summed E-state index contributed by atoms with van der Waals surface area (Å²) in [5, 5.41) is 14.9. The van der Waals surface area contributed by atoms with Crippen molar-refractivity contribution in [1.29, 1.82) is 0 Å². The molecule has 0 aliphatic rings. The van der Waals surface area contributed by atoms with Gasteiger partial charge in [0, 0.05) is 0 Å². The third-order valence-corrected chi connectivity index (χ3v) is 4.92. The van der Waals surface area contributed by atoms with Crippen LogP contribution in [-0.2, 0) is 0 Å². The van der Waals surface area contributed by atoms with Gasteiger partial charge in [0.2, 0.25) is 10.8 Å². The number of fused-ring (bicyclic) bond motifs is 1. The number of aryl methyl sites for hydroxylation is 1. The number of aromatic nitrogens is 3. The van der Waals surface area contributed by atoms with Crippen LogP contribution < -0.4 is 0 Å². The van der Waals surface area contributed by atoms with Gasteiger partial charge >= 0.3 is 0 Å². The van der Waals surface area contributed by atoms with Crippen LogP contribution in [0.1, 0.15) is 36.2 Å². The van der Waals surface area contributed by atoms with Gasteiger partial charge in [-0.2, -0.15) is 4.52 Å². The molecule has 0 saturated carbocycles. The predicted molar refractivity (Wildman–Crippen MR) is 88.5 cm³/mol. The van der Waals surface area contributed by atoms with Gasteiger partial charge in [0.25, 0.3) is 0 Å². The summed E-state index contributed by atoms with van der Waals surface area (Å²) in [5.74, 6) is 0.869. The fourth-order valence-electron chi connectivity index (χ4n) is 2.78. The van der Waals surface area contributed by atoms with Gasteiger partial charge in [-0.3, -0.25) is 4.90 Å². The summed E-state index contributed by atoms with van der Waals surface area (Å²) < 4.78 is 1.54. The number of benzene rings is 1. The number of thiazole rings is 1. The van der Waals surface area contributed by atoms with E-state index in [1.54, 1.807) is 0 Å². The monoisotopic (exact) mass is 316 g/mol. The minimum absolute atomic E-state index is 0.0185. The minimum atomic E-state index is 0.0185. The van der Waals surface area contributed by atoms with Gasteiger partial charge in [0.05, 0.1) is 10.9 Å². The zero-order chi connectivity index (χ0) is 15.7. The summed E-state index contributed by atoms with van der Waals surface area (Å²) in [6, 6.07) is 10.3. The van der Waals surface area contributed by atoms with Crippen LogP contribution in [0, 0.1) is 6.92 Å². The lowest BCUT2D eigenvalue weighted by atomic mass is 10.0. The maximum Gasteiger partial charge on any atom is 0.230 e. The van der Waals surface area contributed by atoms with Crippen molar-refractivity contribution < 1.29 is 5.11 Å². The normalized spacial score (nSPS) is 13.1. The molecule has 3 aromatic rings. The zero-order valence-electron chi connectivity index (χ0n) is 13.0. The second-order valence-corrected chi connectivity index (χ2v) is 6.19. The smallest absolute Gasteiger partial charge is 0.230 e. The fourth-order valence-corrected chi connectivity index (χ4v) is 3.94. The first-order valence-corrected chi connectivity index (χ1v) is 8.31. The highest BCUT2D eigenvalue weighted by Crippen LogP contribution is 2.39. The van der Waals surface area contributed by atoms with E-state index in [0.29, 0.717) is 5.82 Å². The molecule has 1 aromatic carbocycles. The van der Waals surface area contributed by atoms with Crippen molar-refractivity contribution in [3.63, 3.8) is 0 Å². The molecule has 116 valence electrons. The molecule has 0 aliphatic carbocycles. The first kappa shape index (κ1) is 15.0. The Hall–Kier alpha value is -1.92. The van der Waals surface area contributed by atoms with E-state index in [9.17, 15) is 5.11 Å². The van der Waals surface area contributed by atoms with Crippen LogP contribution in [0.5, 0.6) is 5.88 Å². The summed E-state index contributed by atoms with van der Waals surface area (Å²) in [5.41, 5.74) is 1.17. The highest BCUT2D eigenvalue weighted by atomic mass is 32.1. The molecule has 2 aromatic heterocycles. The second kappa shape index (κ2) is 6.06. The summed E-state index contributed by atoms with van der Waals surface area (Å²) in [6.07, 6.45) is 0. The highest BCUT2D eigenvalue weighted by Gasteiger charge is 2.27. The molecule has 2 heterocycles. The Morgan fingerprint density at radius 2 is 1.91 bits per heavy atom. The Balaban J connectivity index is 2.15. The fraction of sp³-hybridized carbons (Fsp3) is 0.375. The van der Waals surface area contributed by atoms with Crippen molar-refractivity contribution in [3.05, 3.63) is 46.6 Å². The van der Waals surface area contributed by atoms with Gasteiger partial charge < -0.3 is 5.11 Å². The molecule has 0 radical (unpaired) electrons. The third kappa shape index (κ3) is 2.48. The summed E-state index contributed by atoms with van der Waals surface area (Å²) in [6.45, 7) is 7.91. The van der Waals surface area contributed by atoms with Gasteiger partial charge in [0.15, 0.2) is 0 Å². The van der Waals surface area contributed by atoms with Gasteiger partial charge in [-0.15, -0.1) is 5.10 Å². The Morgan fingerprint density at radius 1 is 1.23 bits per heavy atom. The summed E-state index contributed by atoms with van der Waals surface area (Å²) in [4.78, 5) is 8.33. The van der Waals surface area contributed by atoms with Crippen molar-refractivity contribution in [2.45, 2.75) is 26.8 Å². The molecule has 22 heavy (non-hydrogen) atoms. The van der Waals surface area contributed by atoms with E-state index in [1.807, 2.05) is 25.1 Å². The van der Waals surface area contributed by atoms with Crippen LogP contribution in [0.2, 0.25) is 0 Å². The van der Waals surface area contributed by atoms with Gasteiger partial charge in [0.1, 0.15) is 5.82 Å². The summed E-state index contributed by atoms with van der Waals surface area (Å²) >= 11 is 1.50. The number of nitrogens with zero attached hydrogens (tertiary/aromatic N) is 4. The lowest BCUT2D eigenvalue weighted by Crippen LogP contribution is -2.28. The Labute approximate surface area is 133 Å². The molecule has 0 bridgehead atoms. The first-order chi connectivity index (χ1) is 10.7. The number of rotatable bonds is 5. The average molecular weight is 316 g/mol. The van der Waals surface area contributed by atoms with Crippen LogP contribution in [0.25, 0.3) is 4.96 Å². The largest absolute Gasteiger partial charge is 0.492 e. The van der Waals surface area contributed by atoms with E-state index >= 15 is 0 Å². The molecule has 0 spiro atoms. The van der Waals surface area contributed by atoms with Gasteiger partial charge in [-0.05, 0) is 25.6 Å². The van der Waals surface area contributed by atoms with Crippen LogP contribution in [0.15, 0.2) is 30.3 Å². The molecule has 1 unspecified atom stereocenters. The lowest BCUT2D eigenvalue weighted by Gasteiger charge is -2.29. The maximum absolute atomic E-state index is 10.6. The molecular weight excluding hydrogens is 296 g/mol. The third-order valence-electron chi connectivity index (χ3n) is 3.85. The van der Waals surface area contributed by atoms with E-state index in [1.165, 1.54) is 21.4 Å². The van der Waals surface area contributed by atoms with Crippen molar-refractivity contribution in [2.24, 2.45) is 0 Å². The lowest BCUT2D eigenvalue weighted by molar-refractivity contribution is 0.248. The number of aromatic hydroxyl groups is 1. The van der Waals surface area contributed by atoms with E-state index in [-0.39, 0.29) is 11.9 Å². The van der Waals surface area contributed by atoms with Crippen LogP contribution >= 0.6 is 11.3 Å². The molecule has 0 aliphatic heterocycles. The molecule has 1 N–H and O–H groups in total. The van der Waals surface area contributed by atoms with Gasteiger partial charge in [-0.1, -0.05) is 55.5 Å². The van der Waals surface area contributed by atoms with Crippen molar-refractivity contribution >= 4 is 16.3 Å². The predicted octanol–water partition coefficient (Wildman–Crippen LogP) is 3.24. The molecule has 0 fully saturated rings. The second-order valence-electron chi connectivity index (χ2n) is 5.18. The first-order valence-electron chi connectivity index (χ1n) is 7.49. The van der Waals surface area contributed by atoms with Crippen LogP contribution in [0.3, 0.4) is 0 Å². The molecule has 0 saturated heterocycles. The minimum Gasteiger partial charge on any atom is -0.492 e. The van der Waals surface area contributed by atoms with E-state index < -0.39 is 0 Å². The van der Waals surface area contributed by atoms with Crippen molar-refractivity contribution in [2.75, 3.05) is 13.1 Å². The highest BCUT2D eigenvalue weighted by molar-refractivity contribution is 7.17. The SMILES string of the molecule is CCN(CC)C(c1ccccc1)c1sc2nc(C)nn2c1O. The molecule has 6 heteroatoms. The Kier molecular flexibility index (Phi) is 4.13. The van der Waals surface area contributed by atoms with E-state index in [0.717, 1.165) is 22.9 Å². The quantitative estimate of drug-likeness (QED) is 0.785. The number of hydrogen-bond acceptors (Lipinski definition) is 5. The van der Waals surface area contributed by atoms with Crippen LogP contribution in [-0.4, -0.2) is 37.7 Å². The van der Waals surface area contributed by atoms with E-state index in [2.05, 4.69) is 41.0 Å². The molecular formula is C16H20N4OS. The summed E-state index contributed by atoms with van der Waals surface area (Å²) in [7, 11) is 0. The molecule has 3 rings (SSSR count). The molecule has 0 amide bonds. The molecule has 5 nitrogen and oxygen atoms in total. The Morgan fingerprint density at radius 3 is 2.50 bits per heavy atom.